The second-order valence-electron chi connectivity index (χ2n) is 4.63. The smallest absolute Gasteiger partial charge is 0.147 e. The molecule has 1 aromatic heterocycles. The van der Waals surface area contributed by atoms with Crippen LogP contribution in [0.25, 0.3) is 0 Å². The molecular formula is C15H19N3O2. The van der Waals surface area contributed by atoms with E-state index < -0.39 is 0 Å². The summed E-state index contributed by atoms with van der Waals surface area (Å²) in [5.74, 6) is 0.866. The number of hydrogen-bond donors (Lipinski definition) is 3. The van der Waals surface area contributed by atoms with Gasteiger partial charge in [-0.05, 0) is 24.6 Å². The molecule has 0 saturated heterocycles. The predicted molar refractivity (Wildman–Crippen MR) is 77.7 cm³/mol. The van der Waals surface area contributed by atoms with Gasteiger partial charge in [0.1, 0.15) is 11.6 Å². The third kappa shape index (κ3) is 3.39. The van der Waals surface area contributed by atoms with Crippen LogP contribution in [0.15, 0.2) is 58.3 Å². The zero-order valence-corrected chi connectivity index (χ0v) is 11.4. The van der Waals surface area contributed by atoms with E-state index in [4.69, 9.17) is 15.4 Å². The summed E-state index contributed by atoms with van der Waals surface area (Å²) in [5.41, 5.74) is 6.79. The van der Waals surface area contributed by atoms with Crippen molar-refractivity contribution in [1.29, 1.82) is 0 Å². The van der Waals surface area contributed by atoms with Crippen LogP contribution in [0.3, 0.4) is 0 Å². The van der Waals surface area contributed by atoms with E-state index in [1.54, 1.807) is 6.26 Å². The molecule has 0 aliphatic carbocycles. The first-order valence-corrected chi connectivity index (χ1v) is 6.51. The van der Waals surface area contributed by atoms with Crippen LogP contribution in [0.4, 0.5) is 0 Å². The van der Waals surface area contributed by atoms with Crippen LogP contribution in [0.2, 0.25) is 0 Å². The summed E-state index contributed by atoms with van der Waals surface area (Å²) in [6, 6.07) is 13.6. The molecule has 0 bridgehead atoms. The molecule has 1 unspecified atom stereocenters. The highest BCUT2D eigenvalue weighted by Crippen LogP contribution is 2.18. The summed E-state index contributed by atoms with van der Waals surface area (Å²) in [6.07, 6.45) is 1.64. The summed E-state index contributed by atoms with van der Waals surface area (Å²) >= 11 is 0. The van der Waals surface area contributed by atoms with E-state index >= 15 is 0 Å². The van der Waals surface area contributed by atoms with Crippen molar-refractivity contribution in [3.63, 3.8) is 0 Å². The lowest BCUT2D eigenvalue weighted by Gasteiger charge is -2.19. The summed E-state index contributed by atoms with van der Waals surface area (Å²) in [6.45, 7) is 2.56. The van der Waals surface area contributed by atoms with Gasteiger partial charge in [-0.1, -0.05) is 35.5 Å². The van der Waals surface area contributed by atoms with Crippen LogP contribution in [-0.4, -0.2) is 17.6 Å². The number of nitrogens with zero attached hydrogens (tertiary/aromatic N) is 1. The number of rotatable bonds is 6. The van der Waals surface area contributed by atoms with Crippen molar-refractivity contribution in [3.8, 4) is 0 Å². The Balaban J connectivity index is 2.06. The minimum absolute atomic E-state index is 0.0581. The van der Waals surface area contributed by atoms with Gasteiger partial charge in [0.25, 0.3) is 0 Å². The maximum atomic E-state index is 8.93. The summed E-state index contributed by atoms with van der Waals surface area (Å²) in [5, 5.41) is 15.4. The second kappa shape index (κ2) is 6.77. The molecule has 0 amide bonds. The molecule has 2 rings (SSSR count). The monoisotopic (exact) mass is 273 g/mol. The average Bonchev–Trinajstić information content (AvgIpc) is 3.02. The zero-order valence-electron chi connectivity index (χ0n) is 11.4. The fourth-order valence-electron chi connectivity index (χ4n) is 2.08. The van der Waals surface area contributed by atoms with Gasteiger partial charge in [0.15, 0.2) is 0 Å². The van der Waals surface area contributed by atoms with Crippen molar-refractivity contribution in [1.82, 2.24) is 5.32 Å². The number of hydrogen-bond acceptors (Lipinski definition) is 4. The Morgan fingerprint density at radius 2 is 2.05 bits per heavy atom. The van der Waals surface area contributed by atoms with Crippen LogP contribution >= 0.6 is 0 Å². The van der Waals surface area contributed by atoms with E-state index in [0.29, 0.717) is 6.54 Å². The Hall–Kier alpha value is -2.27. The van der Waals surface area contributed by atoms with Gasteiger partial charge in [0.05, 0.1) is 18.2 Å². The summed E-state index contributed by atoms with van der Waals surface area (Å²) in [4.78, 5) is 0. The van der Waals surface area contributed by atoms with Crippen molar-refractivity contribution in [2.45, 2.75) is 18.9 Å². The summed E-state index contributed by atoms with van der Waals surface area (Å²) in [7, 11) is 0. The van der Waals surface area contributed by atoms with Gasteiger partial charge < -0.3 is 20.7 Å². The van der Waals surface area contributed by atoms with E-state index in [-0.39, 0.29) is 17.8 Å². The molecule has 0 aliphatic heterocycles. The van der Waals surface area contributed by atoms with Crippen molar-refractivity contribution in [2.24, 2.45) is 10.9 Å². The van der Waals surface area contributed by atoms with E-state index in [1.807, 2.05) is 49.4 Å². The van der Waals surface area contributed by atoms with Gasteiger partial charge in [-0.2, -0.15) is 0 Å². The minimum atomic E-state index is -0.182. The first-order valence-electron chi connectivity index (χ1n) is 6.51. The molecule has 0 spiro atoms. The number of amidine groups is 1. The topological polar surface area (TPSA) is 83.8 Å². The van der Waals surface area contributed by atoms with Gasteiger partial charge in [-0.15, -0.1) is 0 Å². The number of nitrogens with one attached hydrogen (secondary N) is 1. The van der Waals surface area contributed by atoms with Gasteiger partial charge in [0.2, 0.25) is 0 Å². The molecule has 0 fully saturated rings. The number of nitrogens with two attached hydrogens (primary N) is 1. The van der Waals surface area contributed by atoms with E-state index in [9.17, 15) is 0 Å². The van der Waals surface area contributed by atoms with Crippen LogP contribution < -0.4 is 11.1 Å². The number of furan rings is 1. The third-order valence-corrected chi connectivity index (χ3v) is 3.27. The fourth-order valence-corrected chi connectivity index (χ4v) is 2.08. The molecule has 0 aliphatic rings. The number of oxime groups is 1. The van der Waals surface area contributed by atoms with Crippen molar-refractivity contribution >= 4 is 5.84 Å². The number of benzene rings is 1. The molecule has 106 valence electrons. The molecule has 0 radical (unpaired) electrons. The highest BCUT2D eigenvalue weighted by Gasteiger charge is 2.18. The largest absolute Gasteiger partial charge is 0.468 e. The third-order valence-electron chi connectivity index (χ3n) is 3.27. The first kappa shape index (κ1) is 14.1. The zero-order chi connectivity index (χ0) is 14.4. The highest BCUT2D eigenvalue weighted by molar-refractivity contribution is 5.87. The SMILES string of the molecule is C[C@@H](NCC(/C(N)=N/O)c1ccccc1)c1ccco1. The Morgan fingerprint density at radius 3 is 2.65 bits per heavy atom. The second-order valence-corrected chi connectivity index (χ2v) is 4.63. The molecule has 2 atom stereocenters. The predicted octanol–water partition coefficient (Wildman–Crippen LogP) is 2.46. The maximum Gasteiger partial charge on any atom is 0.147 e. The summed E-state index contributed by atoms with van der Waals surface area (Å²) < 4.78 is 5.35. The van der Waals surface area contributed by atoms with Crippen molar-refractivity contribution < 1.29 is 9.62 Å². The maximum absolute atomic E-state index is 8.93. The Labute approximate surface area is 118 Å². The molecule has 1 heterocycles. The Morgan fingerprint density at radius 1 is 1.30 bits per heavy atom. The minimum Gasteiger partial charge on any atom is -0.468 e. The molecule has 5 nitrogen and oxygen atoms in total. The normalized spacial score (nSPS) is 14.9. The lowest BCUT2D eigenvalue weighted by atomic mass is 9.97. The highest BCUT2D eigenvalue weighted by atomic mass is 16.4. The van der Waals surface area contributed by atoms with E-state index in [2.05, 4.69) is 10.5 Å². The lowest BCUT2D eigenvalue weighted by molar-refractivity contribution is 0.315. The fraction of sp³-hybridized carbons (Fsp3) is 0.267. The van der Waals surface area contributed by atoms with Gasteiger partial charge in [-0.25, -0.2) is 0 Å². The molecular weight excluding hydrogens is 254 g/mol. The quantitative estimate of drug-likeness (QED) is 0.327. The van der Waals surface area contributed by atoms with Gasteiger partial charge in [0, 0.05) is 6.54 Å². The van der Waals surface area contributed by atoms with Crippen molar-refractivity contribution in [2.75, 3.05) is 6.54 Å². The molecule has 1 aromatic carbocycles. The molecule has 0 saturated carbocycles. The Bertz CT molecular complexity index is 538. The van der Waals surface area contributed by atoms with Crippen LogP contribution in [0.5, 0.6) is 0 Å². The van der Waals surface area contributed by atoms with Crippen LogP contribution in [0, 0.1) is 0 Å². The standard InChI is InChI=1S/C15H19N3O2/c1-11(14-8-5-9-20-14)17-10-13(15(16)18-19)12-6-3-2-4-7-12/h2-9,11,13,17,19H,10H2,1H3,(H2,16,18)/t11-,13?/m1/s1. The van der Waals surface area contributed by atoms with Crippen LogP contribution in [0.1, 0.15) is 30.2 Å². The lowest BCUT2D eigenvalue weighted by Crippen LogP contribution is -2.32. The Kier molecular flexibility index (Phi) is 4.79. The van der Waals surface area contributed by atoms with E-state index in [1.165, 1.54) is 0 Å². The van der Waals surface area contributed by atoms with E-state index in [0.717, 1.165) is 11.3 Å². The van der Waals surface area contributed by atoms with Gasteiger partial charge in [-0.3, -0.25) is 0 Å². The molecule has 4 N–H and O–H groups in total. The molecule has 20 heavy (non-hydrogen) atoms. The van der Waals surface area contributed by atoms with Crippen molar-refractivity contribution in [3.05, 3.63) is 60.1 Å². The molecule has 2 aromatic rings. The van der Waals surface area contributed by atoms with Gasteiger partial charge >= 0.3 is 0 Å². The first-order chi connectivity index (χ1) is 9.72. The average molecular weight is 273 g/mol. The van der Waals surface area contributed by atoms with Crippen LogP contribution in [-0.2, 0) is 0 Å². The molecule has 5 heteroatoms.